The first-order valence-corrected chi connectivity index (χ1v) is 14.1. The Morgan fingerprint density at radius 3 is 2.23 bits per heavy atom. The summed E-state index contributed by atoms with van der Waals surface area (Å²) in [5, 5.41) is 15.3. The van der Waals surface area contributed by atoms with Crippen LogP contribution in [-0.2, 0) is 21.2 Å². The van der Waals surface area contributed by atoms with Crippen molar-refractivity contribution in [1.82, 2.24) is 20.4 Å². The number of piperazine rings is 1. The minimum atomic E-state index is -3.19. The number of rotatable bonds is 8. The van der Waals surface area contributed by atoms with Crippen molar-refractivity contribution >= 4 is 21.7 Å². The maximum absolute atomic E-state index is 13.1. The Bertz CT molecular complexity index is 1030. The molecule has 10 heteroatoms. The van der Waals surface area contributed by atoms with Gasteiger partial charge in [0.15, 0.2) is 9.84 Å². The number of carbonyl (C=O) groups excluding carboxylic acids is 2. The van der Waals surface area contributed by atoms with Crippen LogP contribution in [0.1, 0.15) is 49.0 Å². The molecule has 192 valence electrons. The van der Waals surface area contributed by atoms with Crippen molar-refractivity contribution < 1.29 is 18.0 Å². The molecule has 0 spiro atoms. The first-order valence-electron chi connectivity index (χ1n) is 12.3. The van der Waals surface area contributed by atoms with Crippen molar-refractivity contribution in [3.05, 3.63) is 35.4 Å². The molecule has 2 aliphatic heterocycles. The van der Waals surface area contributed by atoms with Gasteiger partial charge < -0.3 is 15.5 Å². The number of benzene rings is 1. The normalized spacial score (nSPS) is 21.1. The summed E-state index contributed by atoms with van der Waals surface area (Å²) >= 11 is 0. The second kappa shape index (κ2) is 11.5. The molecule has 0 saturated carbocycles. The highest BCUT2D eigenvalue weighted by Gasteiger charge is 2.40. The van der Waals surface area contributed by atoms with E-state index >= 15 is 0 Å². The highest BCUT2D eigenvalue weighted by Crippen LogP contribution is 2.24. The van der Waals surface area contributed by atoms with E-state index in [0.717, 1.165) is 38.3 Å². The van der Waals surface area contributed by atoms with Crippen molar-refractivity contribution in [2.45, 2.75) is 51.2 Å². The van der Waals surface area contributed by atoms with Gasteiger partial charge in [0.2, 0.25) is 5.91 Å². The van der Waals surface area contributed by atoms with Crippen LogP contribution in [0.4, 0.5) is 0 Å². The number of amides is 2. The van der Waals surface area contributed by atoms with Gasteiger partial charge in [0.05, 0.1) is 17.6 Å². The lowest BCUT2D eigenvalue weighted by atomic mass is 9.92. The molecule has 1 atom stereocenters. The van der Waals surface area contributed by atoms with E-state index in [9.17, 15) is 23.3 Å². The standard InChI is InChI=1S/C25H37N5O4S/c1-19(2)16-22(24(32)28-25(18-26)8-14-35(33,34)15-9-25)27-23(31)21-6-4-20(5-7-21)17-30-12-10-29(3)11-13-30/h4-7,19,22H,8-17H2,1-3H3,(H,27,31)(H,28,32)/t22-/m0/s1. The van der Waals surface area contributed by atoms with Gasteiger partial charge in [-0.05, 0) is 49.9 Å². The number of nitrogens with one attached hydrogen (secondary N) is 2. The lowest BCUT2D eigenvalue weighted by Gasteiger charge is -2.33. The largest absolute Gasteiger partial charge is 0.340 e. The zero-order valence-electron chi connectivity index (χ0n) is 20.9. The number of nitriles is 1. The Hall–Kier alpha value is -2.48. The molecule has 2 N–H and O–H groups in total. The predicted octanol–water partition coefficient (Wildman–Crippen LogP) is 1.17. The molecule has 2 heterocycles. The van der Waals surface area contributed by atoms with Gasteiger partial charge in [-0.3, -0.25) is 14.5 Å². The fraction of sp³-hybridized carbons (Fsp3) is 0.640. The Morgan fingerprint density at radius 2 is 1.69 bits per heavy atom. The Balaban J connectivity index is 1.62. The Labute approximate surface area is 208 Å². The molecule has 0 unspecified atom stereocenters. The van der Waals surface area contributed by atoms with Crippen molar-refractivity contribution in [3.63, 3.8) is 0 Å². The van der Waals surface area contributed by atoms with Crippen LogP contribution < -0.4 is 10.6 Å². The average molecular weight is 504 g/mol. The molecule has 0 aromatic heterocycles. The Kier molecular flexibility index (Phi) is 8.91. The third-order valence-corrected chi connectivity index (χ3v) is 8.46. The van der Waals surface area contributed by atoms with E-state index in [1.54, 1.807) is 12.1 Å². The van der Waals surface area contributed by atoms with Crippen molar-refractivity contribution in [2.75, 3.05) is 44.7 Å². The minimum Gasteiger partial charge on any atom is -0.340 e. The summed E-state index contributed by atoms with van der Waals surface area (Å²) in [7, 11) is -1.06. The molecular weight excluding hydrogens is 466 g/mol. The van der Waals surface area contributed by atoms with E-state index in [-0.39, 0.29) is 36.2 Å². The van der Waals surface area contributed by atoms with Crippen LogP contribution in [0.3, 0.4) is 0 Å². The van der Waals surface area contributed by atoms with Crippen LogP contribution >= 0.6 is 0 Å². The fourth-order valence-electron chi connectivity index (χ4n) is 4.44. The van der Waals surface area contributed by atoms with Gasteiger partial charge in [0.1, 0.15) is 11.6 Å². The van der Waals surface area contributed by atoms with Gasteiger partial charge in [0.25, 0.3) is 5.91 Å². The van der Waals surface area contributed by atoms with E-state index in [2.05, 4.69) is 33.6 Å². The van der Waals surface area contributed by atoms with Crippen LogP contribution in [0, 0.1) is 17.2 Å². The Morgan fingerprint density at radius 1 is 1.09 bits per heavy atom. The van der Waals surface area contributed by atoms with E-state index < -0.39 is 27.3 Å². The highest BCUT2D eigenvalue weighted by molar-refractivity contribution is 7.91. The quantitative estimate of drug-likeness (QED) is 0.546. The number of likely N-dealkylation sites (N-methyl/N-ethyl adjacent to an activating group) is 1. The molecule has 2 amide bonds. The summed E-state index contributed by atoms with van der Waals surface area (Å²) < 4.78 is 23.6. The molecular formula is C25H37N5O4S. The van der Waals surface area contributed by atoms with Gasteiger partial charge in [-0.15, -0.1) is 0 Å². The molecule has 0 radical (unpaired) electrons. The summed E-state index contributed by atoms with van der Waals surface area (Å²) in [6.07, 6.45) is 0.502. The monoisotopic (exact) mass is 503 g/mol. The van der Waals surface area contributed by atoms with Crippen LogP contribution in [-0.4, -0.2) is 86.3 Å². The zero-order chi connectivity index (χ0) is 25.6. The minimum absolute atomic E-state index is 0.0503. The third-order valence-electron chi connectivity index (χ3n) is 6.80. The van der Waals surface area contributed by atoms with Gasteiger partial charge in [-0.25, -0.2) is 8.42 Å². The maximum atomic E-state index is 13.1. The van der Waals surface area contributed by atoms with E-state index in [0.29, 0.717) is 12.0 Å². The smallest absolute Gasteiger partial charge is 0.251 e. The molecule has 0 bridgehead atoms. The van der Waals surface area contributed by atoms with Crippen LogP contribution in [0.25, 0.3) is 0 Å². The topological polar surface area (TPSA) is 123 Å². The molecule has 1 aromatic carbocycles. The van der Waals surface area contributed by atoms with Gasteiger partial charge in [0, 0.05) is 38.3 Å². The van der Waals surface area contributed by atoms with Crippen LogP contribution in [0.15, 0.2) is 24.3 Å². The molecule has 2 aliphatic rings. The van der Waals surface area contributed by atoms with Crippen molar-refractivity contribution in [2.24, 2.45) is 5.92 Å². The van der Waals surface area contributed by atoms with Crippen LogP contribution in [0.2, 0.25) is 0 Å². The summed E-state index contributed by atoms with van der Waals surface area (Å²) in [6, 6.07) is 8.71. The van der Waals surface area contributed by atoms with E-state index in [4.69, 9.17) is 0 Å². The molecule has 1 aromatic rings. The molecule has 2 fully saturated rings. The highest BCUT2D eigenvalue weighted by atomic mass is 32.2. The summed E-state index contributed by atoms with van der Waals surface area (Å²) in [5.74, 6) is -0.957. The van der Waals surface area contributed by atoms with Crippen LogP contribution in [0.5, 0.6) is 0 Å². The number of nitrogens with zero attached hydrogens (tertiary/aromatic N) is 3. The first kappa shape index (κ1) is 27.1. The lowest BCUT2D eigenvalue weighted by Crippen LogP contribution is -2.57. The van der Waals surface area contributed by atoms with Crippen molar-refractivity contribution in [3.8, 4) is 6.07 Å². The zero-order valence-corrected chi connectivity index (χ0v) is 21.7. The molecule has 2 saturated heterocycles. The van der Waals surface area contributed by atoms with Crippen molar-refractivity contribution in [1.29, 1.82) is 5.26 Å². The summed E-state index contributed by atoms with van der Waals surface area (Å²) in [5.41, 5.74) is 0.367. The van der Waals surface area contributed by atoms with Gasteiger partial charge >= 0.3 is 0 Å². The van der Waals surface area contributed by atoms with Gasteiger partial charge in [-0.2, -0.15) is 5.26 Å². The molecule has 0 aliphatic carbocycles. The number of carbonyl (C=O) groups is 2. The number of sulfone groups is 1. The average Bonchev–Trinajstić information content (AvgIpc) is 2.82. The fourth-order valence-corrected chi connectivity index (χ4v) is 5.97. The second-order valence-corrected chi connectivity index (χ2v) is 12.6. The summed E-state index contributed by atoms with van der Waals surface area (Å²) in [4.78, 5) is 30.8. The summed E-state index contributed by atoms with van der Waals surface area (Å²) in [6.45, 7) is 8.85. The van der Waals surface area contributed by atoms with E-state index in [1.807, 2.05) is 26.0 Å². The second-order valence-electron chi connectivity index (χ2n) is 10.3. The molecule has 3 rings (SSSR count). The number of hydrogen-bond acceptors (Lipinski definition) is 7. The SMILES string of the molecule is CC(C)C[C@H](NC(=O)c1ccc(CN2CCN(C)CC2)cc1)C(=O)NC1(C#N)CCS(=O)(=O)CC1. The van der Waals surface area contributed by atoms with Gasteiger partial charge in [-0.1, -0.05) is 26.0 Å². The first-order chi connectivity index (χ1) is 16.5. The lowest BCUT2D eigenvalue weighted by molar-refractivity contribution is -0.124. The molecule has 9 nitrogen and oxygen atoms in total. The molecule has 35 heavy (non-hydrogen) atoms. The maximum Gasteiger partial charge on any atom is 0.251 e. The number of hydrogen-bond donors (Lipinski definition) is 2. The van der Waals surface area contributed by atoms with E-state index in [1.165, 1.54) is 0 Å². The third kappa shape index (κ3) is 7.75. The predicted molar refractivity (Wildman–Crippen MR) is 134 cm³/mol.